The highest BCUT2D eigenvalue weighted by Crippen LogP contribution is 2.31. The summed E-state index contributed by atoms with van der Waals surface area (Å²) >= 11 is 7.58. The second-order valence-electron chi connectivity index (χ2n) is 5.42. The van der Waals surface area contributed by atoms with Crippen LogP contribution in [0.2, 0.25) is 5.02 Å². The Morgan fingerprint density at radius 2 is 1.95 bits per heavy atom. The van der Waals surface area contributed by atoms with Gasteiger partial charge in [-0.25, -0.2) is 0 Å². The minimum Gasteiger partial charge on any atom is -0.293 e. The highest BCUT2D eigenvalue weighted by Gasteiger charge is 2.18. The van der Waals surface area contributed by atoms with Crippen LogP contribution in [0.3, 0.4) is 0 Å². The molecule has 21 heavy (non-hydrogen) atoms. The van der Waals surface area contributed by atoms with E-state index in [4.69, 9.17) is 11.6 Å². The van der Waals surface area contributed by atoms with Gasteiger partial charge in [0.25, 0.3) is 0 Å². The molecule has 3 rings (SSSR count). The van der Waals surface area contributed by atoms with Gasteiger partial charge in [0.15, 0.2) is 5.78 Å². The van der Waals surface area contributed by atoms with Crippen molar-refractivity contribution in [2.24, 2.45) is 0 Å². The van der Waals surface area contributed by atoms with E-state index in [1.54, 1.807) is 23.9 Å². The molecular formula is C18H17ClOS. The quantitative estimate of drug-likeness (QED) is 0.570. The molecule has 1 unspecified atom stereocenters. The van der Waals surface area contributed by atoms with Crippen LogP contribution in [0.5, 0.6) is 0 Å². The number of hydrogen-bond donors (Lipinski definition) is 0. The van der Waals surface area contributed by atoms with Crippen molar-refractivity contribution in [1.82, 2.24) is 0 Å². The molecule has 0 aromatic heterocycles. The van der Waals surface area contributed by atoms with Crippen LogP contribution in [0, 0.1) is 0 Å². The third-order valence-electron chi connectivity index (χ3n) is 3.86. The summed E-state index contributed by atoms with van der Waals surface area (Å²) in [6.07, 6.45) is 3.61. The first-order valence-corrected chi connectivity index (χ1v) is 8.47. The van der Waals surface area contributed by atoms with E-state index < -0.39 is 0 Å². The number of ketones is 1. The summed E-state index contributed by atoms with van der Waals surface area (Å²) in [4.78, 5) is 13.6. The lowest BCUT2D eigenvalue weighted by Gasteiger charge is -2.11. The number of aryl methyl sites for hydroxylation is 2. The van der Waals surface area contributed by atoms with Gasteiger partial charge in [0.05, 0.1) is 5.25 Å². The third-order valence-corrected chi connectivity index (χ3v) is 5.19. The molecule has 1 aliphatic rings. The molecule has 1 nitrogen and oxygen atoms in total. The van der Waals surface area contributed by atoms with Crippen LogP contribution in [0.4, 0.5) is 0 Å². The second kappa shape index (κ2) is 6.25. The fraction of sp³-hybridized carbons (Fsp3) is 0.278. The van der Waals surface area contributed by atoms with E-state index in [2.05, 4.69) is 18.2 Å². The van der Waals surface area contributed by atoms with Crippen LogP contribution in [0.1, 0.15) is 34.8 Å². The summed E-state index contributed by atoms with van der Waals surface area (Å²) in [5.74, 6) is 0.128. The van der Waals surface area contributed by atoms with E-state index in [0.29, 0.717) is 10.6 Å². The minimum atomic E-state index is -0.108. The molecule has 0 radical (unpaired) electrons. The zero-order valence-electron chi connectivity index (χ0n) is 11.9. The van der Waals surface area contributed by atoms with E-state index in [1.165, 1.54) is 35.3 Å². The van der Waals surface area contributed by atoms with Gasteiger partial charge in [-0.3, -0.25) is 4.79 Å². The Bertz CT molecular complexity index is 681. The molecule has 0 aliphatic heterocycles. The van der Waals surface area contributed by atoms with Crippen molar-refractivity contribution >= 4 is 29.1 Å². The first-order chi connectivity index (χ1) is 10.1. The predicted molar refractivity (Wildman–Crippen MR) is 89.6 cm³/mol. The minimum absolute atomic E-state index is 0.108. The van der Waals surface area contributed by atoms with Gasteiger partial charge in [-0.15, -0.1) is 11.8 Å². The maximum atomic E-state index is 12.5. The van der Waals surface area contributed by atoms with Crippen LogP contribution in [-0.2, 0) is 12.8 Å². The van der Waals surface area contributed by atoms with Gasteiger partial charge in [0.2, 0.25) is 0 Å². The van der Waals surface area contributed by atoms with E-state index in [-0.39, 0.29) is 11.0 Å². The number of fused-ring (bicyclic) bond motifs is 1. The molecule has 0 bridgehead atoms. The van der Waals surface area contributed by atoms with Crippen molar-refractivity contribution in [1.29, 1.82) is 0 Å². The Kier molecular flexibility index (Phi) is 4.37. The fourth-order valence-electron chi connectivity index (χ4n) is 2.76. The molecule has 0 fully saturated rings. The maximum Gasteiger partial charge on any atom is 0.175 e. The molecule has 3 heteroatoms. The lowest BCUT2D eigenvalue weighted by molar-refractivity contribution is 0.0994. The van der Waals surface area contributed by atoms with Crippen molar-refractivity contribution in [2.45, 2.75) is 36.3 Å². The number of Topliss-reactive ketones (excluding diaryl/α,β-unsaturated/α-hetero) is 1. The Morgan fingerprint density at radius 1 is 1.14 bits per heavy atom. The van der Waals surface area contributed by atoms with Gasteiger partial charge in [-0.1, -0.05) is 29.8 Å². The van der Waals surface area contributed by atoms with Crippen molar-refractivity contribution < 1.29 is 4.79 Å². The van der Waals surface area contributed by atoms with E-state index in [9.17, 15) is 4.79 Å². The Balaban J connectivity index is 1.74. The number of carbonyl (C=O) groups is 1. The molecule has 0 N–H and O–H groups in total. The van der Waals surface area contributed by atoms with Crippen LogP contribution < -0.4 is 0 Å². The predicted octanol–water partition coefficient (Wildman–Crippen LogP) is 5.19. The molecular weight excluding hydrogens is 300 g/mol. The number of thioether (sulfide) groups is 1. The summed E-state index contributed by atoms with van der Waals surface area (Å²) in [5, 5.41) is 0.499. The van der Waals surface area contributed by atoms with E-state index >= 15 is 0 Å². The molecule has 108 valence electrons. The SMILES string of the molecule is CC(Sc1ccc2c(c1)CCC2)C(=O)c1cccc(Cl)c1. The molecule has 1 aliphatic carbocycles. The molecule has 2 aromatic rings. The summed E-state index contributed by atoms with van der Waals surface area (Å²) in [5.41, 5.74) is 3.60. The average molecular weight is 317 g/mol. The zero-order chi connectivity index (χ0) is 14.8. The molecule has 0 saturated heterocycles. The third kappa shape index (κ3) is 3.33. The normalized spacial score (nSPS) is 14.8. The maximum absolute atomic E-state index is 12.5. The van der Waals surface area contributed by atoms with Gasteiger partial charge in [-0.2, -0.15) is 0 Å². The van der Waals surface area contributed by atoms with Crippen LogP contribution in [0.15, 0.2) is 47.4 Å². The highest BCUT2D eigenvalue weighted by molar-refractivity contribution is 8.00. The Hall–Kier alpha value is -1.25. The van der Waals surface area contributed by atoms with Crippen molar-refractivity contribution in [3.05, 3.63) is 64.2 Å². The van der Waals surface area contributed by atoms with Gasteiger partial charge in [0, 0.05) is 15.5 Å². The molecule has 0 amide bonds. The number of halogens is 1. The zero-order valence-corrected chi connectivity index (χ0v) is 13.5. The molecule has 0 heterocycles. The molecule has 0 spiro atoms. The first kappa shape index (κ1) is 14.7. The molecule has 1 atom stereocenters. The van der Waals surface area contributed by atoms with Crippen LogP contribution >= 0.6 is 23.4 Å². The number of benzene rings is 2. The first-order valence-electron chi connectivity index (χ1n) is 7.22. The van der Waals surface area contributed by atoms with Crippen molar-refractivity contribution in [3.8, 4) is 0 Å². The topological polar surface area (TPSA) is 17.1 Å². The van der Waals surface area contributed by atoms with E-state index in [1.807, 2.05) is 19.1 Å². The summed E-state index contributed by atoms with van der Waals surface area (Å²) in [6.45, 7) is 1.96. The van der Waals surface area contributed by atoms with Gasteiger partial charge < -0.3 is 0 Å². The monoisotopic (exact) mass is 316 g/mol. The summed E-state index contributed by atoms with van der Waals surface area (Å²) in [7, 11) is 0. The number of rotatable bonds is 4. The molecule has 0 saturated carbocycles. The van der Waals surface area contributed by atoms with Crippen molar-refractivity contribution in [2.75, 3.05) is 0 Å². The van der Waals surface area contributed by atoms with Crippen LogP contribution in [-0.4, -0.2) is 11.0 Å². The second-order valence-corrected chi connectivity index (χ2v) is 7.27. The largest absolute Gasteiger partial charge is 0.293 e. The Labute approximate surface area is 134 Å². The van der Waals surface area contributed by atoms with Gasteiger partial charge >= 0.3 is 0 Å². The smallest absolute Gasteiger partial charge is 0.175 e. The van der Waals surface area contributed by atoms with Gasteiger partial charge in [-0.05, 0) is 61.6 Å². The Morgan fingerprint density at radius 3 is 2.76 bits per heavy atom. The summed E-state index contributed by atoms with van der Waals surface area (Å²) in [6, 6.07) is 13.8. The highest BCUT2D eigenvalue weighted by atomic mass is 35.5. The number of carbonyl (C=O) groups excluding carboxylic acids is 1. The average Bonchev–Trinajstić information content (AvgIpc) is 2.94. The summed E-state index contributed by atoms with van der Waals surface area (Å²) < 4.78 is 0. The lowest BCUT2D eigenvalue weighted by atomic mass is 10.1. The van der Waals surface area contributed by atoms with Crippen LogP contribution in [0.25, 0.3) is 0 Å². The standard InChI is InChI=1S/C18H17ClOS/c1-12(18(20)15-6-3-7-16(19)10-15)21-17-9-8-13-4-2-5-14(13)11-17/h3,6-12H,2,4-5H2,1H3. The van der Waals surface area contributed by atoms with Crippen molar-refractivity contribution in [3.63, 3.8) is 0 Å². The van der Waals surface area contributed by atoms with E-state index in [0.717, 1.165) is 0 Å². The lowest BCUT2D eigenvalue weighted by Crippen LogP contribution is -2.13. The molecule has 2 aromatic carbocycles. The number of hydrogen-bond acceptors (Lipinski definition) is 2. The fourth-order valence-corrected chi connectivity index (χ4v) is 3.95. The van der Waals surface area contributed by atoms with Gasteiger partial charge in [0.1, 0.15) is 0 Å².